The van der Waals surface area contributed by atoms with Gasteiger partial charge in [-0.1, -0.05) is 6.07 Å². The van der Waals surface area contributed by atoms with Gasteiger partial charge in [0, 0.05) is 54.9 Å². The second-order valence-corrected chi connectivity index (χ2v) is 6.02. The van der Waals surface area contributed by atoms with Gasteiger partial charge in [-0.15, -0.1) is 0 Å². The third-order valence-electron chi connectivity index (χ3n) is 4.25. The second kappa shape index (κ2) is 7.93. The zero-order valence-corrected chi connectivity index (χ0v) is 13.9. The number of anilines is 2. The summed E-state index contributed by atoms with van der Waals surface area (Å²) in [5.74, 6) is 0.523. The molecule has 3 rings (SSSR count). The lowest BCUT2D eigenvalue weighted by Crippen LogP contribution is -2.35. The average molecular weight is 325 g/mol. The third kappa shape index (κ3) is 4.11. The summed E-state index contributed by atoms with van der Waals surface area (Å²) in [7, 11) is 0. The molecule has 0 spiro atoms. The quantitative estimate of drug-likeness (QED) is 0.885. The van der Waals surface area contributed by atoms with Crippen molar-refractivity contribution in [3.63, 3.8) is 0 Å². The van der Waals surface area contributed by atoms with E-state index in [1.165, 1.54) is 0 Å². The molecule has 1 saturated heterocycles. The molecule has 1 fully saturated rings. The van der Waals surface area contributed by atoms with Gasteiger partial charge < -0.3 is 15.0 Å². The topological polar surface area (TPSA) is 54.5 Å². The fourth-order valence-electron chi connectivity index (χ4n) is 2.91. The minimum absolute atomic E-state index is 0.0720. The van der Waals surface area contributed by atoms with Crippen LogP contribution in [0.2, 0.25) is 0 Å². The third-order valence-corrected chi connectivity index (χ3v) is 4.25. The number of nitrogens with zero attached hydrogens (tertiary/aromatic N) is 2. The highest BCUT2D eigenvalue weighted by molar-refractivity contribution is 5.95. The molecule has 0 aliphatic carbocycles. The monoisotopic (exact) mass is 325 g/mol. The van der Waals surface area contributed by atoms with Crippen LogP contribution in [0.1, 0.15) is 23.7 Å². The van der Waals surface area contributed by atoms with Gasteiger partial charge in [0.25, 0.3) is 5.91 Å². The van der Waals surface area contributed by atoms with Crippen LogP contribution in [0.15, 0.2) is 48.8 Å². The van der Waals surface area contributed by atoms with Crippen molar-refractivity contribution in [2.45, 2.75) is 13.3 Å². The van der Waals surface area contributed by atoms with Crippen LogP contribution < -0.4 is 5.32 Å². The van der Waals surface area contributed by atoms with Crippen LogP contribution in [0.4, 0.5) is 11.4 Å². The van der Waals surface area contributed by atoms with Gasteiger partial charge in [-0.2, -0.15) is 0 Å². The highest BCUT2D eigenvalue weighted by Crippen LogP contribution is 2.19. The molecule has 5 nitrogen and oxygen atoms in total. The fourth-order valence-corrected chi connectivity index (χ4v) is 2.91. The van der Waals surface area contributed by atoms with Crippen LogP contribution in [0.25, 0.3) is 0 Å². The summed E-state index contributed by atoms with van der Waals surface area (Å²) >= 11 is 0. The average Bonchev–Trinajstić information content (AvgIpc) is 3.13. The van der Waals surface area contributed by atoms with E-state index in [0.717, 1.165) is 37.6 Å². The first-order valence-electron chi connectivity index (χ1n) is 8.40. The molecule has 1 aliphatic rings. The molecule has 5 heteroatoms. The van der Waals surface area contributed by atoms with E-state index in [1.54, 1.807) is 12.4 Å². The van der Waals surface area contributed by atoms with E-state index in [4.69, 9.17) is 4.74 Å². The summed E-state index contributed by atoms with van der Waals surface area (Å²) in [6.07, 6.45) is 4.51. The molecule has 1 N–H and O–H groups in total. The fraction of sp³-hybridized carbons (Fsp3) is 0.368. The molecule has 126 valence electrons. The number of benzene rings is 1. The summed E-state index contributed by atoms with van der Waals surface area (Å²) in [6, 6.07) is 11.4. The summed E-state index contributed by atoms with van der Waals surface area (Å²) in [5.41, 5.74) is 2.55. The second-order valence-electron chi connectivity index (χ2n) is 6.02. The number of nitrogens with one attached hydrogen (secondary N) is 1. The predicted molar refractivity (Wildman–Crippen MR) is 94.5 cm³/mol. The summed E-state index contributed by atoms with van der Waals surface area (Å²) < 4.78 is 5.42. The molecule has 0 saturated carbocycles. The molecule has 0 radical (unpaired) electrons. The first-order valence-corrected chi connectivity index (χ1v) is 8.40. The van der Waals surface area contributed by atoms with Crippen LogP contribution >= 0.6 is 0 Å². The molecule has 1 aromatic heterocycles. The lowest BCUT2D eigenvalue weighted by molar-refractivity contribution is 0.0731. The molecule has 1 aliphatic heterocycles. The van der Waals surface area contributed by atoms with Crippen LogP contribution in [-0.2, 0) is 4.74 Å². The van der Waals surface area contributed by atoms with Crippen molar-refractivity contribution in [3.05, 3.63) is 54.4 Å². The van der Waals surface area contributed by atoms with Gasteiger partial charge in [0.2, 0.25) is 0 Å². The van der Waals surface area contributed by atoms with Gasteiger partial charge in [-0.3, -0.25) is 9.78 Å². The molecular weight excluding hydrogens is 302 g/mol. The summed E-state index contributed by atoms with van der Waals surface area (Å²) in [6.45, 7) is 5.05. The van der Waals surface area contributed by atoms with E-state index < -0.39 is 0 Å². The van der Waals surface area contributed by atoms with Crippen molar-refractivity contribution in [3.8, 4) is 0 Å². The van der Waals surface area contributed by atoms with Crippen molar-refractivity contribution >= 4 is 17.3 Å². The van der Waals surface area contributed by atoms with Crippen LogP contribution in [0.3, 0.4) is 0 Å². The number of rotatable bonds is 6. The van der Waals surface area contributed by atoms with Gasteiger partial charge in [0.05, 0.1) is 6.61 Å². The largest absolute Gasteiger partial charge is 0.381 e. The Morgan fingerprint density at radius 3 is 2.83 bits per heavy atom. The van der Waals surface area contributed by atoms with E-state index >= 15 is 0 Å². The van der Waals surface area contributed by atoms with Gasteiger partial charge >= 0.3 is 0 Å². The number of amides is 1. The molecular formula is C19H23N3O2. The minimum atomic E-state index is 0.0720. The van der Waals surface area contributed by atoms with E-state index in [-0.39, 0.29) is 5.91 Å². The van der Waals surface area contributed by atoms with E-state index in [0.29, 0.717) is 18.0 Å². The molecule has 2 heterocycles. The number of aromatic nitrogens is 1. The molecule has 2 aromatic rings. The maximum atomic E-state index is 12.8. The summed E-state index contributed by atoms with van der Waals surface area (Å²) in [4.78, 5) is 18.7. The van der Waals surface area contributed by atoms with Gasteiger partial charge in [0.1, 0.15) is 0 Å². The van der Waals surface area contributed by atoms with E-state index in [9.17, 15) is 4.79 Å². The Kier molecular flexibility index (Phi) is 5.43. The molecule has 24 heavy (non-hydrogen) atoms. The van der Waals surface area contributed by atoms with Crippen LogP contribution in [0, 0.1) is 5.92 Å². The number of pyridine rings is 1. The van der Waals surface area contributed by atoms with Crippen molar-refractivity contribution in [1.29, 1.82) is 0 Å². The molecule has 1 atom stereocenters. The van der Waals surface area contributed by atoms with Crippen LogP contribution in [-0.4, -0.2) is 42.1 Å². The normalized spacial score (nSPS) is 16.8. The Bertz CT molecular complexity index is 669. The van der Waals surface area contributed by atoms with Gasteiger partial charge in [-0.25, -0.2) is 0 Å². The highest BCUT2D eigenvalue weighted by atomic mass is 16.5. The Labute approximate surface area is 142 Å². The smallest absolute Gasteiger partial charge is 0.253 e. The van der Waals surface area contributed by atoms with Gasteiger partial charge in [0.15, 0.2) is 0 Å². The summed E-state index contributed by atoms with van der Waals surface area (Å²) in [5, 5.41) is 3.30. The number of carbonyl (C=O) groups is 1. The maximum absolute atomic E-state index is 12.8. The Morgan fingerprint density at radius 2 is 2.12 bits per heavy atom. The van der Waals surface area contributed by atoms with Gasteiger partial charge in [-0.05, 0) is 43.7 Å². The predicted octanol–water partition coefficient (Wildman–Crippen LogP) is 3.32. The molecule has 1 amide bonds. The molecule has 1 unspecified atom stereocenters. The Morgan fingerprint density at radius 1 is 1.29 bits per heavy atom. The zero-order valence-electron chi connectivity index (χ0n) is 13.9. The van der Waals surface area contributed by atoms with Crippen molar-refractivity contribution < 1.29 is 9.53 Å². The minimum Gasteiger partial charge on any atom is -0.381 e. The Hall–Kier alpha value is -2.40. The Balaban J connectivity index is 1.70. The lowest BCUT2D eigenvalue weighted by atomic mass is 10.1. The van der Waals surface area contributed by atoms with E-state index in [2.05, 4.69) is 10.3 Å². The lowest BCUT2D eigenvalue weighted by Gasteiger charge is -2.24. The number of hydrogen-bond donors (Lipinski definition) is 1. The van der Waals surface area contributed by atoms with Crippen molar-refractivity contribution in [2.24, 2.45) is 5.92 Å². The first kappa shape index (κ1) is 16.5. The number of carbonyl (C=O) groups excluding carboxylic acids is 1. The molecule has 0 bridgehead atoms. The maximum Gasteiger partial charge on any atom is 0.253 e. The number of hydrogen-bond acceptors (Lipinski definition) is 4. The van der Waals surface area contributed by atoms with Crippen LogP contribution in [0.5, 0.6) is 0 Å². The standard InChI is InChI=1S/C19H23N3O2/c1-2-22(13-15-8-11-24-14-15)19(23)16-4-3-5-18(12-16)21-17-6-9-20-10-7-17/h3-7,9-10,12,15H,2,8,11,13-14H2,1H3,(H,20,21). The van der Waals surface area contributed by atoms with Crippen molar-refractivity contribution in [2.75, 3.05) is 31.6 Å². The first-order chi connectivity index (χ1) is 11.8. The molecule has 1 aromatic carbocycles. The van der Waals surface area contributed by atoms with E-state index in [1.807, 2.05) is 48.2 Å². The SMILES string of the molecule is CCN(CC1CCOC1)C(=O)c1cccc(Nc2ccncc2)c1. The number of ether oxygens (including phenoxy) is 1. The zero-order chi connectivity index (χ0) is 16.8. The van der Waals surface area contributed by atoms with Crippen molar-refractivity contribution in [1.82, 2.24) is 9.88 Å². The highest BCUT2D eigenvalue weighted by Gasteiger charge is 2.22.